The number of rotatable bonds is 6. The summed E-state index contributed by atoms with van der Waals surface area (Å²) in [4.78, 5) is 19.0. The second-order valence-electron chi connectivity index (χ2n) is 8.81. The van der Waals surface area contributed by atoms with Crippen LogP contribution in [0.15, 0.2) is 48.8 Å². The van der Waals surface area contributed by atoms with E-state index in [2.05, 4.69) is 15.3 Å². The minimum absolute atomic E-state index is 0.0474. The first-order chi connectivity index (χ1) is 15.9. The fraction of sp³-hybridized carbons (Fsp3) is 0.320. The van der Waals surface area contributed by atoms with Crippen LogP contribution in [-0.4, -0.2) is 54.3 Å². The molecule has 1 fully saturated rings. The van der Waals surface area contributed by atoms with Crippen molar-refractivity contribution in [3.8, 4) is 5.82 Å². The monoisotopic (exact) mass is 444 g/mol. The maximum absolute atomic E-state index is 12.0. The summed E-state index contributed by atoms with van der Waals surface area (Å²) in [5.74, 6) is 1.47. The average molecular weight is 445 g/mol. The molecule has 1 aliphatic rings. The zero-order valence-corrected chi connectivity index (χ0v) is 19.1. The number of anilines is 2. The van der Waals surface area contributed by atoms with Crippen molar-refractivity contribution in [2.24, 2.45) is 7.05 Å². The van der Waals surface area contributed by atoms with Gasteiger partial charge in [-0.2, -0.15) is 5.10 Å². The fourth-order valence-electron chi connectivity index (χ4n) is 4.48. The summed E-state index contributed by atoms with van der Waals surface area (Å²) in [6.45, 7) is 5.98. The number of β-amino-alcohol motifs (C(OH)–C–C–N with tert-alkyl or cyclic N) is 1. The van der Waals surface area contributed by atoms with Crippen LogP contribution in [0.1, 0.15) is 35.0 Å². The minimum Gasteiger partial charge on any atom is -0.392 e. The number of ketones is 1. The maximum Gasteiger partial charge on any atom is 0.161 e. The summed E-state index contributed by atoms with van der Waals surface area (Å²) in [5, 5.41) is 18.7. The van der Waals surface area contributed by atoms with Gasteiger partial charge in [-0.25, -0.2) is 9.67 Å². The van der Waals surface area contributed by atoms with Gasteiger partial charge in [-0.3, -0.25) is 9.69 Å². The van der Waals surface area contributed by atoms with Crippen molar-refractivity contribution in [2.45, 2.75) is 32.9 Å². The second-order valence-corrected chi connectivity index (χ2v) is 8.81. The molecule has 0 unspecified atom stereocenters. The molecule has 0 radical (unpaired) electrons. The van der Waals surface area contributed by atoms with Crippen molar-refractivity contribution in [2.75, 3.05) is 18.4 Å². The lowest BCUT2D eigenvalue weighted by atomic mass is 10.1. The highest BCUT2D eigenvalue weighted by Crippen LogP contribution is 2.26. The number of aryl methyl sites for hydroxylation is 2. The number of aliphatic hydroxyl groups is 1. The molecule has 3 aromatic heterocycles. The van der Waals surface area contributed by atoms with E-state index in [0.29, 0.717) is 17.9 Å². The topological polar surface area (TPSA) is 88.2 Å². The number of pyridine rings is 1. The molecule has 1 atom stereocenters. The van der Waals surface area contributed by atoms with Crippen molar-refractivity contribution in [1.82, 2.24) is 24.2 Å². The number of carbonyl (C=O) groups excluding carboxylic acids is 1. The van der Waals surface area contributed by atoms with E-state index in [1.807, 2.05) is 67.3 Å². The van der Waals surface area contributed by atoms with Gasteiger partial charge in [0.05, 0.1) is 11.8 Å². The number of Topliss-reactive ketones (excluding diaryl/α,β-unsaturated/α-hetero) is 1. The number of fused-ring (bicyclic) bond motifs is 1. The number of hydrogen-bond acceptors (Lipinski definition) is 6. The van der Waals surface area contributed by atoms with Crippen LogP contribution in [0, 0.1) is 6.92 Å². The van der Waals surface area contributed by atoms with E-state index in [1.165, 1.54) is 0 Å². The lowest BCUT2D eigenvalue weighted by Gasteiger charge is -2.13. The van der Waals surface area contributed by atoms with Crippen molar-refractivity contribution >= 4 is 28.2 Å². The molecule has 4 aromatic rings. The molecule has 0 saturated carbocycles. The number of benzene rings is 1. The molecule has 33 heavy (non-hydrogen) atoms. The molecule has 5 rings (SSSR count). The smallest absolute Gasteiger partial charge is 0.161 e. The standard InChI is InChI=1S/C25H28N6O2/c1-16-18(12-30-10-9-20(33)14-30)13-31(28-16)25-6-4-5-24(27-25)26-19-7-8-23-21(11-19)22(17(2)32)15-29(23)3/h4-8,11,13,15,20,33H,9-10,12,14H2,1-3H3,(H,26,27)/t20-/m1/s1. The Morgan fingerprint density at radius 3 is 2.85 bits per heavy atom. The third kappa shape index (κ3) is 4.27. The van der Waals surface area contributed by atoms with Gasteiger partial charge in [-0.05, 0) is 50.6 Å². The van der Waals surface area contributed by atoms with Crippen molar-refractivity contribution in [1.29, 1.82) is 0 Å². The van der Waals surface area contributed by atoms with Crippen LogP contribution >= 0.6 is 0 Å². The molecule has 1 aliphatic heterocycles. The molecule has 0 amide bonds. The highest BCUT2D eigenvalue weighted by atomic mass is 16.3. The van der Waals surface area contributed by atoms with E-state index in [1.54, 1.807) is 11.6 Å². The Morgan fingerprint density at radius 1 is 1.24 bits per heavy atom. The first-order valence-electron chi connectivity index (χ1n) is 11.2. The number of aromatic nitrogens is 4. The molecule has 4 heterocycles. The molecule has 170 valence electrons. The van der Waals surface area contributed by atoms with Crippen molar-refractivity contribution in [3.63, 3.8) is 0 Å². The molecule has 0 aliphatic carbocycles. The second kappa shape index (κ2) is 8.46. The van der Waals surface area contributed by atoms with Gasteiger partial charge < -0.3 is 15.0 Å². The summed E-state index contributed by atoms with van der Waals surface area (Å²) in [6, 6.07) is 11.8. The summed E-state index contributed by atoms with van der Waals surface area (Å²) < 4.78 is 3.77. The van der Waals surface area contributed by atoms with Gasteiger partial charge in [0, 0.05) is 66.8 Å². The Kier molecular flexibility index (Phi) is 5.47. The van der Waals surface area contributed by atoms with Crippen LogP contribution in [0.2, 0.25) is 0 Å². The first kappa shape index (κ1) is 21.4. The largest absolute Gasteiger partial charge is 0.392 e. The Labute approximate surface area is 192 Å². The number of nitrogens with zero attached hydrogens (tertiary/aromatic N) is 5. The predicted molar refractivity (Wildman–Crippen MR) is 128 cm³/mol. The quantitative estimate of drug-likeness (QED) is 0.442. The van der Waals surface area contributed by atoms with E-state index in [-0.39, 0.29) is 11.9 Å². The van der Waals surface area contributed by atoms with Crippen LogP contribution in [-0.2, 0) is 13.6 Å². The van der Waals surface area contributed by atoms with Crippen LogP contribution in [0.5, 0.6) is 0 Å². The Bertz CT molecular complexity index is 1340. The minimum atomic E-state index is -0.230. The Morgan fingerprint density at radius 2 is 2.09 bits per heavy atom. The molecule has 8 nitrogen and oxygen atoms in total. The summed E-state index contributed by atoms with van der Waals surface area (Å²) >= 11 is 0. The van der Waals surface area contributed by atoms with E-state index < -0.39 is 0 Å². The number of likely N-dealkylation sites (tertiary alicyclic amines) is 1. The molecule has 8 heteroatoms. The van der Waals surface area contributed by atoms with Gasteiger partial charge in [-0.1, -0.05) is 6.07 Å². The van der Waals surface area contributed by atoms with Gasteiger partial charge >= 0.3 is 0 Å². The number of aliphatic hydroxyl groups excluding tert-OH is 1. The normalized spacial score (nSPS) is 16.5. The zero-order valence-electron chi connectivity index (χ0n) is 19.1. The van der Waals surface area contributed by atoms with Gasteiger partial charge in [0.15, 0.2) is 11.6 Å². The summed E-state index contributed by atoms with van der Waals surface area (Å²) in [6.07, 6.45) is 4.48. The van der Waals surface area contributed by atoms with E-state index >= 15 is 0 Å². The van der Waals surface area contributed by atoms with Gasteiger partial charge in [0.25, 0.3) is 0 Å². The van der Waals surface area contributed by atoms with Crippen molar-refractivity contribution in [3.05, 3.63) is 65.6 Å². The van der Waals surface area contributed by atoms with Gasteiger partial charge in [0.2, 0.25) is 0 Å². The van der Waals surface area contributed by atoms with E-state index in [4.69, 9.17) is 4.98 Å². The maximum atomic E-state index is 12.0. The van der Waals surface area contributed by atoms with E-state index in [0.717, 1.165) is 53.2 Å². The summed E-state index contributed by atoms with van der Waals surface area (Å²) in [7, 11) is 1.94. The third-order valence-corrected chi connectivity index (χ3v) is 6.25. The Hall–Kier alpha value is -3.49. The number of carbonyl (C=O) groups is 1. The SMILES string of the molecule is CC(=O)c1cn(C)c2ccc(Nc3cccc(-n4cc(CN5CC[C@@H](O)C5)c(C)n4)n3)cc12. The molecule has 0 bridgehead atoms. The van der Waals surface area contributed by atoms with Crippen LogP contribution in [0.3, 0.4) is 0 Å². The van der Waals surface area contributed by atoms with Gasteiger partial charge in [-0.15, -0.1) is 0 Å². The first-order valence-corrected chi connectivity index (χ1v) is 11.2. The Balaban J connectivity index is 1.38. The predicted octanol–water partition coefficient (Wildman–Crippen LogP) is 3.58. The molecular weight excluding hydrogens is 416 g/mol. The molecule has 1 saturated heterocycles. The van der Waals surface area contributed by atoms with Crippen LogP contribution in [0.25, 0.3) is 16.7 Å². The third-order valence-electron chi connectivity index (χ3n) is 6.25. The van der Waals surface area contributed by atoms with Crippen LogP contribution < -0.4 is 5.32 Å². The highest BCUT2D eigenvalue weighted by Gasteiger charge is 2.21. The molecule has 0 spiro atoms. The molecule has 2 N–H and O–H groups in total. The van der Waals surface area contributed by atoms with E-state index in [9.17, 15) is 9.90 Å². The summed E-state index contributed by atoms with van der Waals surface area (Å²) in [5.41, 5.74) is 4.68. The van der Waals surface area contributed by atoms with Crippen molar-refractivity contribution < 1.29 is 9.90 Å². The zero-order chi connectivity index (χ0) is 23.1. The average Bonchev–Trinajstić information content (AvgIpc) is 3.46. The molecular formula is C25H28N6O2. The highest BCUT2D eigenvalue weighted by molar-refractivity contribution is 6.07. The van der Waals surface area contributed by atoms with Gasteiger partial charge in [0.1, 0.15) is 5.82 Å². The molecule has 1 aromatic carbocycles. The lowest BCUT2D eigenvalue weighted by molar-refractivity contribution is 0.101. The van der Waals surface area contributed by atoms with Crippen LogP contribution in [0.4, 0.5) is 11.5 Å². The fourth-order valence-corrected chi connectivity index (χ4v) is 4.48. The lowest BCUT2D eigenvalue weighted by Crippen LogP contribution is -2.21. The number of hydrogen-bond donors (Lipinski definition) is 2. The number of nitrogens with one attached hydrogen (secondary N) is 1.